The third-order valence-electron chi connectivity index (χ3n) is 3.83. The van der Waals surface area contributed by atoms with Crippen molar-refractivity contribution < 1.29 is 4.74 Å². The van der Waals surface area contributed by atoms with Crippen molar-refractivity contribution in [2.24, 2.45) is 0 Å². The summed E-state index contributed by atoms with van der Waals surface area (Å²) in [6.45, 7) is 6.86. The maximum atomic E-state index is 5.18. The van der Waals surface area contributed by atoms with E-state index < -0.39 is 0 Å². The van der Waals surface area contributed by atoms with Crippen LogP contribution in [-0.4, -0.2) is 19.2 Å². The Balaban J connectivity index is 2.22. The van der Waals surface area contributed by atoms with Crippen LogP contribution in [0.25, 0.3) is 0 Å². The van der Waals surface area contributed by atoms with Crippen molar-refractivity contribution in [3.8, 4) is 5.75 Å². The summed E-state index contributed by atoms with van der Waals surface area (Å²) in [6, 6.07) is 9.62. The van der Waals surface area contributed by atoms with Crippen LogP contribution in [0.3, 0.4) is 0 Å². The van der Waals surface area contributed by atoms with Crippen LogP contribution < -0.4 is 10.1 Å². The first-order chi connectivity index (χ1) is 9.65. The number of aryl methyl sites for hydroxylation is 1. The van der Waals surface area contributed by atoms with Crippen LogP contribution in [0.2, 0.25) is 0 Å². The molecule has 1 N–H and O–H groups in total. The predicted octanol–water partition coefficient (Wildman–Crippen LogP) is 4.57. The highest BCUT2D eigenvalue weighted by Crippen LogP contribution is 2.13. The van der Waals surface area contributed by atoms with E-state index in [2.05, 4.69) is 38.2 Å². The number of unbranched alkanes of at least 4 members (excludes halogenated alkanes) is 2. The van der Waals surface area contributed by atoms with Crippen LogP contribution in [0.5, 0.6) is 5.75 Å². The number of rotatable bonds is 10. The quantitative estimate of drug-likeness (QED) is 0.632. The van der Waals surface area contributed by atoms with E-state index in [1.165, 1.54) is 37.7 Å². The molecule has 0 saturated heterocycles. The highest BCUT2D eigenvalue weighted by Gasteiger charge is 2.07. The molecule has 0 aliphatic heterocycles. The molecule has 0 aliphatic rings. The summed E-state index contributed by atoms with van der Waals surface area (Å²) < 4.78 is 5.18. The van der Waals surface area contributed by atoms with E-state index in [0.717, 1.165) is 12.2 Å². The third-order valence-corrected chi connectivity index (χ3v) is 3.83. The predicted molar refractivity (Wildman–Crippen MR) is 87.5 cm³/mol. The van der Waals surface area contributed by atoms with Crippen LogP contribution >= 0.6 is 0 Å². The van der Waals surface area contributed by atoms with Gasteiger partial charge in [-0.25, -0.2) is 0 Å². The molecule has 0 bridgehead atoms. The standard InChI is InChI=1S/C18H31NO/c1-5-6-7-8-15(2)19-16(3)9-10-17-11-13-18(20-4)14-12-17/h11-16,19H,5-10H2,1-4H3. The van der Waals surface area contributed by atoms with Gasteiger partial charge in [0.1, 0.15) is 5.75 Å². The van der Waals surface area contributed by atoms with Gasteiger partial charge in [0.15, 0.2) is 0 Å². The lowest BCUT2D eigenvalue weighted by Crippen LogP contribution is -2.34. The Bertz CT molecular complexity index is 347. The smallest absolute Gasteiger partial charge is 0.118 e. The number of hydrogen-bond donors (Lipinski definition) is 1. The molecule has 0 aliphatic carbocycles. The first kappa shape index (κ1) is 17.0. The van der Waals surface area contributed by atoms with Gasteiger partial charge < -0.3 is 10.1 Å². The zero-order valence-electron chi connectivity index (χ0n) is 13.6. The topological polar surface area (TPSA) is 21.3 Å². The average Bonchev–Trinajstić information content (AvgIpc) is 2.46. The molecular formula is C18H31NO. The molecule has 0 fully saturated rings. The van der Waals surface area contributed by atoms with Gasteiger partial charge in [0.2, 0.25) is 0 Å². The molecule has 2 atom stereocenters. The van der Waals surface area contributed by atoms with Gasteiger partial charge in [-0.2, -0.15) is 0 Å². The molecule has 0 saturated carbocycles. The van der Waals surface area contributed by atoms with E-state index in [9.17, 15) is 0 Å². The van der Waals surface area contributed by atoms with Crippen LogP contribution in [0, 0.1) is 0 Å². The summed E-state index contributed by atoms with van der Waals surface area (Å²) in [6.07, 6.45) is 7.60. The maximum absolute atomic E-state index is 5.18. The number of nitrogens with one attached hydrogen (secondary N) is 1. The van der Waals surface area contributed by atoms with Crippen molar-refractivity contribution in [2.45, 2.75) is 71.4 Å². The molecule has 0 heterocycles. The van der Waals surface area contributed by atoms with Gasteiger partial charge in [-0.3, -0.25) is 0 Å². The van der Waals surface area contributed by atoms with Crippen molar-refractivity contribution in [3.05, 3.63) is 29.8 Å². The summed E-state index contributed by atoms with van der Waals surface area (Å²) in [7, 11) is 1.71. The van der Waals surface area contributed by atoms with Gasteiger partial charge in [0.05, 0.1) is 7.11 Å². The second kappa shape index (κ2) is 9.82. The zero-order valence-corrected chi connectivity index (χ0v) is 13.6. The average molecular weight is 277 g/mol. The molecule has 0 radical (unpaired) electrons. The van der Waals surface area contributed by atoms with Crippen LogP contribution in [0.4, 0.5) is 0 Å². The Labute approximate surface area is 124 Å². The molecule has 0 aromatic heterocycles. The molecule has 2 heteroatoms. The summed E-state index contributed by atoms with van der Waals surface area (Å²) in [5.74, 6) is 0.935. The molecule has 2 nitrogen and oxygen atoms in total. The summed E-state index contributed by atoms with van der Waals surface area (Å²) in [4.78, 5) is 0. The number of methoxy groups -OCH3 is 1. The number of ether oxygens (including phenoxy) is 1. The van der Waals surface area contributed by atoms with Gasteiger partial charge in [0, 0.05) is 12.1 Å². The SMILES string of the molecule is CCCCCC(C)NC(C)CCc1ccc(OC)cc1. The molecule has 2 unspecified atom stereocenters. The van der Waals surface area contributed by atoms with E-state index >= 15 is 0 Å². The minimum absolute atomic E-state index is 0.578. The van der Waals surface area contributed by atoms with Crippen molar-refractivity contribution in [1.29, 1.82) is 0 Å². The molecule has 1 rings (SSSR count). The fourth-order valence-electron chi connectivity index (χ4n) is 2.53. The fourth-order valence-corrected chi connectivity index (χ4v) is 2.53. The minimum Gasteiger partial charge on any atom is -0.497 e. The van der Waals surface area contributed by atoms with E-state index in [0.29, 0.717) is 12.1 Å². The van der Waals surface area contributed by atoms with Gasteiger partial charge in [0.25, 0.3) is 0 Å². The van der Waals surface area contributed by atoms with Crippen molar-refractivity contribution in [2.75, 3.05) is 7.11 Å². The highest BCUT2D eigenvalue weighted by molar-refractivity contribution is 5.27. The van der Waals surface area contributed by atoms with Crippen molar-refractivity contribution >= 4 is 0 Å². The molecule has 1 aromatic carbocycles. The Morgan fingerprint density at radius 3 is 2.25 bits per heavy atom. The lowest BCUT2D eigenvalue weighted by Gasteiger charge is -2.20. The molecule has 0 spiro atoms. The van der Waals surface area contributed by atoms with E-state index in [1.807, 2.05) is 12.1 Å². The highest BCUT2D eigenvalue weighted by atomic mass is 16.5. The maximum Gasteiger partial charge on any atom is 0.118 e. The van der Waals surface area contributed by atoms with Crippen LogP contribution in [0.15, 0.2) is 24.3 Å². The Kier molecular flexibility index (Phi) is 8.36. The third kappa shape index (κ3) is 6.95. The number of hydrogen-bond acceptors (Lipinski definition) is 2. The monoisotopic (exact) mass is 277 g/mol. The van der Waals surface area contributed by atoms with Gasteiger partial charge in [-0.1, -0.05) is 38.3 Å². The largest absolute Gasteiger partial charge is 0.497 e. The first-order valence-electron chi connectivity index (χ1n) is 8.04. The molecule has 114 valence electrons. The Morgan fingerprint density at radius 1 is 1.00 bits per heavy atom. The molecule has 1 aromatic rings. The first-order valence-corrected chi connectivity index (χ1v) is 8.04. The Morgan fingerprint density at radius 2 is 1.65 bits per heavy atom. The molecule has 20 heavy (non-hydrogen) atoms. The van der Waals surface area contributed by atoms with Crippen LogP contribution in [-0.2, 0) is 6.42 Å². The lowest BCUT2D eigenvalue weighted by molar-refractivity contribution is 0.413. The molecular weight excluding hydrogens is 246 g/mol. The van der Waals surface area contributed by atoms with E-state index in [4.69, 9.17) is 4.74 Å². The number of benzene rings is 1. The zero-order chi connectivity index (χ0) is 14.8. The molecule has 0 amide bonds. The van der Waals surface area contributed by atoms with E-state index in [-0.39, 0.29) is 0 Å². The minimum atomic E-state index is 0.578. The normalized spacial score (nSPS) is 14.0. The Hall–Kier alpha value is -1.02. The second-order valence-electron chi connectivity index (χ2n) is 5.85. The summed E-state index contributed by atoms with van der Waals surface area (Å²) in [5.41, 5.74) is 1.39. The van der Waals surface area contributed by atoms with Gasteiger partial charge in [-0.05, 0) is 50.8 Å². The van der Waals surface area contributed by atoms with E-state index in [1.54, 1.807) is 7.11 Å². The van der Waals surface area contributed by atoms with Gasteiger partial charge in [-0.15, -0.1) is 0 Å². The van der Waals surface area contributed by atoms with Gasteiger partial charge >= 0.3 is 0 Å². The van der Waals surface area contributed by atoms with Crippen LogP contribution in [0.1, 0.15) is 58.4 Å². The summed E-state index contributed by atoms with van der Waals surface area (Å²) in [5, 5.41) is 3.71. The fraction of sp³-hybridized carbons (Fsp3) is 0.667. The lowest BCUT2D eigenvalue weighted by atomic mass is 10.0. The van der Waals surface area contributed by atoms with Crippen molar-refractivity contribution in [1.82, 2.24) is 5.32 Å². The summed E-state index contributed by atoms with van der Waals surface area (Å²) >= 11 is 0. The second-order valence-corrected chi connectivity index (χ2v) is 5.85. The van der Waals surface area contributed by atoms with Crippen molar-refractivity contribution in [3.63, 3.8) is 0 Å².